The van der Waals surface area contributed by atoms with Gasteiger partial charge >= 0.3 is 0 Å². The zero-order valence-corrected chi connectivity index (χ0v) is 14.7. The Morgan fingerprint density at radius 2 is 2.20 bits per heavy atom. The van der Waals surface area contributed by atoms with Gasteiger partial charge in [0.1, 0.15) is 11.6 Å². The highest BCUT2D eigenvalue weighted by Crippen LogP contribution is 2.23. The van der Waals surface area contributed by atoms with Crippen LogP contribution in [0.25, 0.3) is 0 Å². The molecule has 25 heavy (non-hydrogen) atoms. The number of nitrogens with one attached hydrogen (secondary N) is 1. The molecule has 0 bridgehead atoms. The second-order valence-electron chi connectivity index (χ2n) is 6.36. The summed E-state index contributed by atoms with van der Waals surface area (Å²) in [6.45, 7) is 1.56. The molecule has 0 aliphatic carbocycles. The zero-order valence-electron chi connectivity index (χ0n) is 14.7. The predicted octanol–water partition coefficient (Wildman–Crippen LogP) is 2.62. The molecule has 1 N–H and O–H groups in total. The minimum atomic E-state index is 0.0696. The molecule has 1 amide bonds. The first-order chi connectivity index (χ1) is 12.2. The molecule has 132 valence electrons. The number of likely N-dealkylation sites (tertiary alicyclic amines) is 1. The van der Waals surface area contributed by atoms with Crippen LogP contribution in [0.2, 0.25) is 0 Å². The molecule has 1 aromatic carbocycles. The molecule has 1 aliphatic heterocycles. The topological polar surface area (TPSA) is 67.4 Å². The lowest BCUT2D eigenvalue weighted by molar-refractivity contribution is 0.0672. The number of benzene rings is 1. The second-order valence-corrected chi connectivity index (χ2v) is 6.36. The van der Waals surface area contributed by atoms with Crippen LogP contribution in [0.3, 0.4) is 0 Å². The van der Waals surface area contributed by atoms with E-state index >= 15 is 0 Å². The van der Waals surface area contributed by atoms with Crippen molar-refractivity contribution in [3.8, 4) is 5.75 Å². The number of ether oxygens (including phenoxy) is 1. The summed E-state index contributed by atoms with van der Waals surface area (Å²) in [4.78, 5) is 14.7. The quantitative estimate of drug-likeness (QED) is 0.906. The van der Waals surface area contributed by atoms with Crippen LogP contribution in [0.15, 0.2) is 36.4 Å². The number of nitrogens with zero attached hydrogens (tertiary/aromatic N) is 3. The van der Waals surface area contributed by atoms with E-state index < -0.39 is 0 Å². The number of piperidine rings is 1. The Labute approximate surface area is 148 Å². The highest BCUT2D eigenvalue weighted by Gasteiger charge is 2.25. The van der Waals surface area contributed by atoms with Gasteiger partial charge in [-0.15, -0.1) is 5.10 Å². The molecule has 1 aromatic heterocycles. The van der Waals surface area contributed by atoms with E-state index in [0.29, 0.717) is 17.2 Å². The van der Waals surface area contributed by atoms with Crippen molar-refractivity contribution in [2.75, 3.05) is 32.6 Å². The molecule has 2 heterocycles. The first-order valence-corrected chi connectivity index (χ1v) is 8.63. The number of methoxy groups -OCH3 is 1. The molecule has 0 unspecified atom stereocenters. The summed E-state index contributed by atoms with van der Waals surface area (Å²) in [6, 6.07) is 11.3. The SMILES string of the molecule is CNc1ccc(C[C@H]2CCCN(C(=O)c3cccc(OC)c3)C2)nn1. The molecule has 0 radical (unpaired) electrons. The first kappa shape index (κ1) is 17.2. The minimum absolute atomic E-state index is 0.0696. The van der Waals surface area contributed by atoms with Crippen LogP contribution in [-0.4, -0.2) is 48.3 Å². The number of aromatic nitrogens is 2. The van der Waals surface area contributed by atoms with Crippen molar-refractivity contribution in [3.63, 3.8) is 0 Å². The summed E-state index contributed by atoms with van der Waals surface area (Å²) >= 11 is 0. The smallest absolute Gasteiger partial charge is 0.253 e. The number of carbonyl (C=O) groups is 1. The third-order valence-corrected chi connectivity index (χ3v) is 4.60. The van der Waals surface area contributed by atoms with Gasteiger partial charge < -0.3 is 15.0 Å². The van der Waals surface area contributed by atoms with Gasteiger partial charge in [0.05, 0.1) is 12.8 Å². The largest absolute Gasteiger partial charge is 0.497 e. The fourth-order valence-corrected chi connectivity index (χ4v) is 3.25. The van der Waals surface area contributed by atoms with Crippen LogP contribution >= 0.6 is 0 Å². The molecule has 3 rings (SSSR count). The van der Waals surface area contributed by atoms with Crippen molar-refractivity contribution in [2.45, 2.75) is 19.3 Å². The number of anilines is 1. The molecule has 2 aromatic rings. The Morgan fingerprint density at radius 3 is 2.92 bits per heavy atom. The first-order valence-electron chi connectivity index (χ1n) is 8.63. The molecule has 1 saturated heterocycles. The Balaban J connectivity index is 1.64. The average Bonchev–Trinajstić information content (AvgIpc) is 2.68. The van der Waals surface area contributed by atoms with E-state index in [1.54, 1.807) is 13.2 Å². The van der Waals surface area contributed by atoms with Gasteiger partial charge in [-0.2, -0.15) is 5.10 Å². The molecular weight excluding hydrogens is 316 g/mol. The number of rotatable bonds is 5. The lowest BCUT2D eigenvalue weighted by Crippen LogP contribution is -2.40. The third kappa shape index (κ3) is 4.26. The van der Waals surface area contributed by atoms with Crippen molar-refractivity contribution < 1.29 is 9.53 Å². The van der Waals surface area contributed by atoms with Gasteiger partial charge in [-0.05, 0) is 55.5 Å². The number of hydrogen-bond acceptors (Lipinski definition) is 5. The highest BCUT2D eigenvalue weighted by atomic mass is 16.5. The van der Waals surface area contributed by atoms with Crippen LogP contribution in [0.1, 0.15) is 28.9 Å². The molecule has 0 spiro atoms. The van der Waals surface area contributed by atoms with Gasteiger partial charge in [0.25, 0.3) is 5.91 Å². The average molecular weight is 340 g/mol. The van der Waals surface area contributed by atoms with E-state index in [9.17, 15) is 4.79 Å². The molecule has 6 nitrogen and oxygen atoms in total. The van der Waals surface area contributed by atoms with Crippen molar-refractivity contribution >= 4 is 11.7 Å². The Morgan fingerprint density at radius 1 is 1.32 bits per heavy atom. The number of amides is 1. The maximum Gasteiger partial charge on any atom is 0.253 e. The van der Waals surface area contributed by atoms with E-state index in [1.165, 1.54) is 0 Å². The van der Waals surface area contributed by atoms with E-state index in [1.807, 2.05) is 42.3 Å². The van der Waals surface area contributed by atoms with Gasteiger partial charge in [0, 0.05) is 25.7 Å². The second kappa shape index (κ2) is 7.96. The molecule has 1 aliphatic rings. The zero-order chi connectivity index (χ0) is 17.6. The van der Waals surface area contributed by atoms with Crippen LogP contribution in [0.5, 0.6) is 5.75 Å². The minimum Gasteiger partial charge on any atom is -0.497 e. The van der Waals surface area contributed by atoms with Crippen molar-refractivity contribution in [3.05, 3.63) is 47.7 Å². The molecular formula is C19H24N4O2. The monoisotopic (exact) mass is 340 g/mol. The third-order valence-electron chi connectivity index (χ3n) is 4.60. The van der Waals surface area contributed by atoms with Crippen molar-refractivity contribution in [2.24, 2.45) is 5.92 Å². The maximum atomic E-state index is 12.8. The van der Waals surface area contributed by atoms with Gasteiger partial charge in [-0.25, -0.2) is 0 Å². The lowest BCUT2D eigenvalue weighted by Gasteiger charge is -2.32. The van der Waals surface area contributed by atoms with Crippen molar-refractivity contribution in [1.82, 2.24) is 15.1 Å². The maximum absolute atomic E-state index is 12.8. The summed E-state index contributed by atoms with van der Waals surface area (Å²) in [6.07, 6.45) is 2.97. The van der Waals surface area contributed by atoms with Crippen LogP contribution in [0.4, 0.5) is 5.82 Å². The summed E-state index contributed by atoms with van der Waals surface area (Å²) < 4.78 is 5.22. The normalized spacial score (nSPS) is 17.2. The fourth-order valence-electron chi connectivity index (χ4n) is 3.25. The van der Waals surface area contributed by atoms with Crippen LogP contribution < -0.4 is 10.1 Å². The summed E-state index contributed by atoms with van der Waals surface area (Å²) in [7, 11) is 3.44. The molecule has 6 heteroatoms. The van der Waals surface area contributed by atoms with Gasteiger partial charge in [0.15, 0.2) is 0 Å². The van der Waals surface area contributed by atoms with Gasteiger partial charge in [-0.1, -0.05) is 6.07 Å². The standard InChI is InChI=1S/C19H24N4O2/c1-20-18-9-8-16(21-22-18)11-14-5-4-10-23(13-14)19(24)15-6-3-7-17(12-15)25-2/h3,6-9,12,14H,4-5,10-11,13H2,1-2H3,(H,20,22)/t14-/m1/s1. The summed E-state index contributed by atoms with van der Waals surface area (Å²) in [5.74, 6) is 1.96. The molecule has 1 atom stereocenters. The van der Waals surface area contributed by atoms with Crippen molar-refractivity contribution in [1.29, 1.82) is 0 Å². The number of hydrogen-bond donors (Lipinski definition) is 1. The summed E-state index contributed by atoms with van der Waals surface area (Å²) in [5, 5.41) is 11.4. The molecule has 0 saturated carbocycles. The Kier molecular flexibility index (Phi) is 5.48. The van der Waals surface area contributed by atoms with Gasteiger partial charge in [0.2, 0.25) is 0 Å². The van der Waals surface area contributed by atoms with Gasteiger partial charge in [-0.3, -0.25) is 4.79 Å². The Hall–Kier alpha value is -2.63. The summed E-state index contributed by atoms with van der Waals surface area (Å²) in [5.41, 5.74) is 1.65. The number of carbonyl (C=O) groups excluding carboxylic acids is 1. The van der Waals surface area contributed by atoms with E-state index in [2.05, 4.69) is 15.5 Å². The Bertz CT molecular complexity index is 718. The van der Waals surface area contributed by atoms with E-state index in [4.69, 9.17) is 4.74 Å². The highest BCUT2D eigenvalue weighted by molar-refractivity contribution is 5.94. The fraction of sp³-hybridized carbons (Fsp3) is 0.421. The van der Waals surface area contributed by atoms with Crippen LogP contribution in [0, 0.1) is 5.92 Å². The van der Waals surface area contributed by atoms with E-state index in [-0.39, 0.29) is 5.91 Å². The predicted molar refractivity (Wildman–Crippen MR) is 96.9 cm³/mol. The molecule has 1 fully saturated rings. The van der Waals surface area contributed by atoms with E-state index in [0.717, 1.165) is 43.9 Å². The lowest BCUT2D eigenvalue weighted by atomic mass is 9.93. The van der Waals surface area contributed by atoms with Crippen LogP contribution in [-0.2, 0) is 6.42 Å².